The van der Waals surface area contributed by atoms with Crippen molar-refractivity contribution in [3.8, 4) is 0 Å². The number of hydrogen-bond donors (Lipinski definition) is 1. The monoisotopic (exact) mass is 286 g/mol. The Morgan fingerprint density at radius 3 is 2.38 bits per heavy atom. The van der Waals surface area contributed by atoms with Crippen molar-refractivity contribution in [2.24, 2.45) is 5.41 Å². The van der Waals surface area contributed by atoms with Crippen LogP contribution in [-0.2, 0) is 9.59 Å². The molecule has 1 saturated heterocycles. The molecule has 1 saturated carbocycles. The molecule has 1 N–H and O–H groups in total. The van der Waals surface area contributed by atoms with E-state index in [2.05, 4.69) is 5.32 Å². The third-order valence-corrected chi connectivity index (χ3v) is 4.53. The molecule has 21 heavy (non-hydrogen) atoms. The number of anilines is 1. The molecule has 0 bridgehead atoms. The number of imide groups is 2. The molecule has 3 rings (SSSR count). The quantitative estimate of drug-likeness (QED) is 0.807. The number of barbiturate groups is 1. The van der Waals surface area contributed by atoms with E-state index in [4.69, 9.17) is 0 Å². The van der Waals surface area contributed by atoms with Crippen LogP contribution in [0.15, 0.2) is 24.3 Å². The largest absolute Gasteiger partial charge is 0.335 e. The first kappa shape index (κ1) is 13.8. The van der Waals surface area contributed by atoms with Crippen molar-refractivity contribution < 1.29 is 14.4 Å². The second-order valence-corrected chi connectivity index (χ2v) is 5.83. The summed E-state index contributed by atoms with van der Waals surface area (Å²) in [4.78, 5) is 38.5. The molecule has 0 atom stereocenters. The predicted octanol–water partition coefficient (Wildman–Crippen LogP) is 2.53. The van der Waals surface area contributed by atoms with Crippen molar-refractivity contribution in [3.63, 3.8) is 0 Å². The minimum absolute atomic E-state index is 0.370. The van der Waals surface area contributed by atoms with Gasteiger partial charge in [-0.1, -0.05) is 37.5 Å². The number of aryl methyl sites for hydroxylation is 1. The van der Waals surface area contributed by atoms with Gasteiger partial charge < -0.3 is 0 Å². The lowest BCUT2D eigenvalue weighted by Gasteiger charge is -2.41. The van der Waals surface area contributed by atoms with E-state index in [1.807, 2.05) is 19.1 Å². The van der Waals surface area contributed by atoms with Crippen molar-refractivity contribution in [1.82, 2.24) is 5.32 Å². The number of benzene rings is 1. The Labute approximate surface area is 123 Å². The molecule has 4 amide bonds. The molecule has 1 aromatic carbocycles. The van der Waals surface area contributed by atoms with Gasteiger partial charge in [-0.3, -0.25) is 14.9 Å². The Morgan fingerprint density at radius 2 is 1.71 bits per heavy atom. The van der Waals surface area contributed by atoms with E-state index in [0.29, 0.717) is 18.5 Å². The van der Waals surface area contributed by atoms with Crippen LogP contribution in [-0.4, -0.2) is 17.8 Å². The Kier molecular flexibility index (Phi) is 3.27. The molecule has 0 aromatic heterocycles. The van der Waals surface area contributed by atoms with Crippen LogP contribution in [0.1, 0.15) is 37.7 Å². The van der Waals surface area contributed by atoms with Gasteiger partial charge in [0.15, 0.2) is 0 Å². The average Bonchev–Trinajstić information content (AvgIpc) is 2.48. The Hall–Kier alpha value is -2.17. The lowest BCUT2D eigenvalue weighted by atomic mass is 9.71. The molecule has 110 valence electrons. The summed E-state index contributed by atoms with van der Waals surface area (Å²) in [5, 5.41) is 2.37. The maximum atomic E-state index is 12.9. The number of nitrogens with one attached hydrogen (secondary N) is 1. The second-order valence-electron chi connectivity index (χ2n) is 5.83. The topological polar surface area (TPSA) is 66.5 Å². The third-order valence-electron chi connectivity index (χ3n) is 4.53. The highest BCUT2D eigenvalue weighted by Crippen LogP contribution is 2.41. The van der Waals surface area contributed by atoms with Gasteiger partial charge >= 0.3 is 6.03 Å². The highest BCUT2D eigenvalue weighted by Gasteiger charge is 2.54. The smallest absolute Gasteiger partial charge is 0.276 e. The number of para-hydroxylation sites is 1. The first-order chi connectivity index (χ1) is 10.1. The van der Waals surface area contributed by atoms with Crippen LogP contribution in [0.2, 0.25) is 0 Å². The predicted molar refractivity (Wildman–Crippen MR) is 77.7 cm³/mol. The van der Waals surface area contributed by atoms with Gasteiger partial charge in [-0.25, -0.2) is 9.69 Å². The first-order valence-corrected chi connectivity index (χ1v) is 7.32. The molecule has 0 unspecified atom stereocenters. The lowest BCUT2D eigenvalue weighted by molar-refractivity contribution is -0.144. The highest BCUT2D eigenvalue weighted by molar-refractivity contribution is 6.30. The zero-order valence-electron chi connectivity index (χ0n) is 12.0. The van der Waals surface area contributed by atoms with Crippen molar-refractivity contribution >= 4 is 23.5 Å². The molecule has 5 heteroatoms. The molecule has 2 aliphatic rings. The zero-order chi connectivity index (χ0) is 15.0. The summed E-state index contributed by atoms with van der Waals surface area (Å²) in [6.07, 6.45) is 3.76. The van der Waals surface area contributed by atoms with E-state index in [-0.39, 0.29) is 5.91 Å². The number of rotatable bonds is 1. The van der Waals surface area contributed by atoms with Gasteiger partial charge in [0.05, 0.1) is 5.69 Å². The van der Waals surface area contributed by atoms with Gasteiger partial charge in [0.25, 0.3) is 5.91 Å². The van der Waals surface area contributed by atoms with Crippen molar-refractivity contribution in [3.05, 3.63) is 29.8 Å². The van der Waals surface area contributed by atoms with E-state index in [9.17, 15) is 14.4 Å². The summed E-state index contributed by atoms with van der Waals surface area (Å²) in [6.45, 7) is 1.85. The maximum absolute atomic E-state index is 12.9. The van der Waals surface area contributed by atoms with Crippen LogP contribution in [0.25, 0.3) is 0 Å². The van der Waals surface area contributed by atoms with Crippen LogP contribution in [0.4, 0.5) is 10.5 Å². The van der Waals surface area contributed by atoms with E-state index >= 15 is 0 Å². The van der Waals surface area contributed by atoms with Gasteiger partial charge in [0.2, 0.25) is 5.91 Å². The molecule has 1 heterocycles. The number of carbonyl (C=O) groups is 3. The van der Waals surface area contributed by atoms with Gasteiger partial charge in [-0.2, -0.15) is 0 Å². The fraction of sp³-hybridized carbons (Fsp3) is 0.438. The number of hydrogen-bond acceptors (Lipinski definition) is 3. The molecule has 2 fully saturated rings. The number of urea groups is 1. The van der Waals surface area contributed by atoms with Crippen LogP contribution in [0.5, 0.6) is 0 Å². The van der Waals surface area contributed by atoms with Crippen LogP contribution < -0.4 is 10.2 Å². The van der Waals surface area contributed by atoms with E-state index in [1.165, 1.54) is 0 Å². The van der Waals surface area contributed by atoms with Crippen molar-refractivity contribution in [2.45, 2.75) is 39.0 Å². The summed E-state index contributed by atoms with van der Waals surface area (Å²) in [5.74, 6) is -0.799. The molecule has 5 nitrogen and oxygen atoms in total. The van der Waals surface area contributed by atoms with Gasteiger partial charge in [0.1, 0.15) is 5.41 Å². The van der Waals surface area contributed by atoms with Crippen LogP contribution in [0, 0.1) is 12.3 Å². The average molecular weight is 286 g/mol. The fourth-order valence-electron chi connectivity index (χ4n) is 3.31. The normalized spacial score (nSPS) is 21.6. The number of carbonyl (C=O) groups excluding carboxylic acids is 3. The summed E-state index contributed by atoms with van der Waals surface area (Å²) in [7, 11) is 0. The first-order valence-electron chi connectivity index (χ1n) is 7.32. The molecule has 1 aliphatic carbocycles. The SMILES string of the molecule is Cc1ccccc1N1C(=O)NC(=O)C2(CCCCC2)C1=O. The number of nitrogens with zero attached hydrogens (tertiary/aromatic N) is 1. The van der Waals surface area contributed by atoms with Crippen LogP contribution in [0.3, 0.4) is 0 Å². The maximum Gasteiger partial charge on any atom is 0.335 e. The van der Waals surface area contributed by atoms with Gasteiger partial charge in [-0.05, 0) is 31.4 Å². The van der Waals surface area contributed by atoms with E-state index in [0.717, 1.165) is 29.7 Å². The highest BCUT2D eigenvalue weighted by atomic mass is 16.2. The molecule has 1 aromatic rings. The van der Waals surface area contributed by atoms with Crippen molar-refractivity contribution in [1.29, 1.82) is 0 Å². The Balaban J connectivity index is 2.05. The second kappa shape index (κ2) is 4.98. The standard InChI is InChI=1S/C16H18N2O3/c1-11-7-3-4-8-12(11)18-14(20)16(9-5-2-6-10-16)13(19)17-15(18)21/h3-4,7-8H,2,5-6,9-10H2,1H3,(H,17,19,21). The van der Waals surface area contributed by atoms with Gasteiger partial charge in [0, 0.05) is 0 Å². The van der Waals surface area contributed by atoms with Crippen molar-refractivity contribution in [2.75, 3.05) is 4.90 Å². The minimum atomic E-state index is -1.06. The zero-order valence-corrected chi connectivity index (χ0v) is 12.0. The molecule has 0 radical (unpaired) electrons. The molecular weight excluding hydrogens is 268 g/mol. The summed E-state index contributed by atoms with van der Waals surface area (Å²) >= 11 is 0. The lowest BCUT2D eigenvalue weighted by Crippen LogP contribution is -2.64. The molecule has 1 aliphatic heterocycles. The Bertz CT molecular complexity index is 618. The van der Waals surface area contributed by atoms with Crippen LogP contribution >= 0.6 is 0 Å². The number of amides is 4. The van der Waals surface area contributed by atoms with E-state index in [1.54, 1.807) is 12.1 Å². The minimum Gasteiger partial charge on any atom is -0.276 e. The molecule has 1 spiro atoms. The fourth-order valence-corrected chi connectivity index (χ4v) is 3.31. The molecular formula is C16H18N2O3. The van der Waals surface area contributed by atoms with Gasteiger partial charge in [-0.15, -0.1) is 0 Å². The summed E-state index contributed by atoms with van der Waals surface area (Å²) in [6, 6.07) is 6.58. The summed E-state index contributed by atoms with van der Waals surface area (Å²) < 4.78 is 0. The summed E-state index contributed by atoms with van der Waals surface area (Å²) in [5.41, 5.74) is 0.327. The van der Waals surface area contributed by atoms with E-state index < -0.39 is 17.4 Å². The third kappa shape index (κ3) is 2.04. The Morgan fingerprint density at radius 1 is 1.05 bits per heavy atom.